The number of hydrogen-bond acceptors (Lipinski definition) is 5. The molecule has 0 saturated heterocycles. The molecule has 4 rings (SSSR count). The molecule has 1 atom stereocenters. The van der Waals surface area contributed by atoms with E-state index in [4.69, 9.17) is 9.47 Å². The average molecular weight is 499 g/mol. The highest BCUT2D eigenvalue weighted by atomic mass is 32.2. The smallest absolute Gasteiger partial charge is 0.329 e. The van der Waals surface area contributed by atoms with Crippen LogP contribution in [0, 0.1) is 5.82 Å². The monoisotopic (exact) mass is 498 g/mol. The molecule has 0 N–H and O–H groups in total. The van der Waals surface area contributed by atoms with Gasteiger partial charge in [0.15, 0.2) is 11.5 Å². The van der Waals surface area contributed by atoms with Crippen LogP contribution in [0.4, 0.5) is 4.39 Å². The Hall–Kier alpha value is -3.59. The second-order valence-electron chi connectivity index (χ2n) is 8.35. The molecule has 0 saturated carbocycles. The van der Waals surface area contributed by atoms with E-state index in [-0.39, 0.29) is 17.3 Å². The van der Waals surface area contributed by atoms with Crippen LogP contribution < -0.4 is 15.2 Å². The molecule has 0 aliphatic heterocycles. The zero-order chi connectivity index (χ0) is 25.3. The van der Waals surface area contributed by atoms with Crippen molar-refractivity contribution in [3.8, 4) is 22.6 Å². The van der Waals surface area contributed by atoms with Crippen LogP contribution in [-0.4, -0.2) is 43.3 Å². The first kappa shape index (κ1) is 24.5. The van der Waals surface area contributed by atoms with Crippen LogP contribution in [0.5, 0.6) is 11.5 Å². The van der Waals surface area contributed by atoms with Crippen LogP contribution in [0.1, 0.15) is 18.5 Å². The van der Waals surface area contributed by atoms with Crippen molar-refractivity contribution in [1.82, 2.24) is 9.13 Å². The molecule has 1 unspecified atom stereocenters. The predicted octanol–water partition coefficient (Wildman–Crippen LogP) is 4.19. The lowest BCUT2D eigenvalue weighted by molar-refractivity contribution is 0.310. The fourth-order valence-electron chi connectivity index (χ4n) is 4.30. The normalized spacial score (nSPS) is 12.6. The third kappa shape index (κ3) is 4.81. The zero-order valence-corrected chi connectivity index (χ0v) is 20.8. The van der Waals surface area contributed by atoms with E-state index >= 15 is 0 Å². The number of fused-ring (bicyclic) bond motifs is 1. The Morgan fingerprint density at radius 2 is 1.74 bits per heavy atom. The number of aromatic nitrogens is 2. The number of rotatable bonds is 8. The van der Waals surface area contributed by atoms with Gasteiger partial charge in [-0.05, 0) is 48.4 Å². The minimum atomic E-state index is -3.48. The van der Waals surface area contributed by atoms with E-state index in [9.17, 15) is 17.6 Å². The first-order valence-corrected chi connectivity index (χ1v) is 13.1. The van der Waals surface area contributed by atoms with E-state index in [1.54, 1.807) is 61.6 Å². The van der Waals surface area contributed by atoms with Gasteiger partial charge in [-0.15, -0.1) is 0 Å². The summed E-state index contributed by atoms with van der Waals surface area (Å²) >= 11 is 0. The lowest BCUT2D eigenvalue weighted by atomic mass is 10.0. The summed E-state index contributed by atoms with van der Waals surface area (Å²) in [6, 6.07) is 15.9. The van der Waals surface area contributed by atoms with E-state index in [1.807, 2.05) is 6.92 Å². The summed E-state index contributed by atoms with van der Waals surface area (Å²) < 4.78 is 53.2. The van der Waals surface area contributed by atoms with Crippen molar-refractivity contribution < 1.29 is 22.3 Å². The molecule has 3 aromatic carbocycles. The third-order valence-electron chi connectivity index (χ3n) is 5.92. The minimum Gasteiger partial charge on any atom is -0.493 e. The number of hydrogen-bond donors (Lipinski definition) is 0. The topological polar surface area (TPSA) is 79.5 Å². The largest absolute Gasteiger partial charge is 0.493 e. The molecular weight excluding hydrogens is 471 g/mol. The van der Waals surface area contributed by atoms with Crippen LogP contribution in [0.2, 0.25) is 0 Å². The fourth-order valence-corrected chi connectivity index (χ4v) is 5.22. The minimum absolute atomic E-state index is 0.293. The number of methoxy groups -OCH3 is 1. The van der Waals surface area contributed by atoms with Crippen molar-refractivity contribution in [2.75, 3.05) is 25.7 Å². The fraction of sp³-hybridized carbons (Fsp3) is 0.269. The number of halogens is 1. The molecular formula is C26H27FN2O5S. The molecule has 9 heteroatoms. The second-order valence-corrected chi connectivity index (χ2v) is 10.5. The summed E-state index contributed by atoms with van der Waals surface area (Å²) in [6.07, 6.45) is 1.14. The highest BCUT2D eigenvalue weighted by molar-refractivity contribution is 7.90. The molecule has 35 heavy (non-hydrogen) atoms. The molecule has 0 amide bonds. The van der Waals surface area contributed by atoms with Gasteiger partial charge in [0.25, 0.3) is 0 Å². The van der Waals surface area contributed by atoms with Crippen molar-refractivity contribution in [1.29, 1.82) is 0 Å². The lowest BCUT2D eigenvalue weighted by Crippen LogP contribution is -2.30. The quantitative estimate of drug-likeness (QED) is 0.364. The molecule has 0 aliphatic rings. The maximum Gasteiger partial charge on any atom is 0.329 e. The van der Waals surface area contributed by atoms with Crippen LogP contribution in [0.15, 0.2) is 65.5 Å². The molecule has 1 aromatic heterocycles. The first-order valence-electron chi connectivity index (χ1n) is 11.1. The molecule has 0 aliphatic carbocycles. The summed E-state index contributed by atoms with van der Waals surface area (Å²) in [5.74, 6) is 0.307. The summed E-state index contributed by atoms with van der Waals surface area (Å²) in [5, 5.41) is 0. The second kappa shape index (κ2) is 9.58. The maximum atomic E-state index is 14.4. The Bertz CT molecular complexity index is 1560. The number of ether oxygens (including phenoxy) is 2. The molecule has 0 fully saturated rings. The van der Waals surface area contributed by atoms with Crippen LogP contribution in [0.3, 0.4) is 0 Å². The number of sulfone groups is 1. The first-order chi connectivity index (χ1) is 16.6. The van der Waals surface area contributed by atoms with Gasteiger partial charge in [-0.2, -0.15) is 0 Å². The van der Waals surface area contributed by atoms with Crippen molar-refractivity contribution in [2.45, 2.75) is 13.0 Å². The predicted molar refractivity (Wildman–Crippen MR) is 135 cm³/mol. The molecule has 1 heterocycles. The lowest BCUT2D eigenvalue weighted by Gasteiger charge is -2.20. The van der Waals surface area contributed by atoms with Gasteiger partial charge in [0.05, 0.1) is 36.5 Å². The zero-order valence-electron chi connectivity index (χ0n) is 20.0. The Morgan fingerprint density at radius 3 is 2.40 bits per heavy atom. The Kier molecular flexibility index (Phi) is 6.71. The average Bonchev–Trinajstić information content (AvgIpc) is 3.07. The standard InChI is InChI=1S/C26H27FN2O5S/c1-5-34-25-15-18(11-13-24(25)33-3)23(16-35(4,31)32)29-21-12-10-17(14-22(21)28(2)26(29)30)19-8-6-7-9-20(19)27/h6-15,23H,5,16H2,1-4H3. The third-order valence-corrected chi connectivity index (χ3v) is 6.84. The van der Waals surface area contributed by atoms with Gasteiger partial charge in [-0.1, -0.05) is 30.3 Å². The highest BCUT2D eigenvalue weighted by Gasteiger charge is 2.26. The summed E-state index contributed by atoms with van der Waals surface area (Å²) in [4.78, 5) is 13.4. The number of benzene rings is 3. The van der Waals surface area contributed by atoms with Gasteiger partial charge in [-0.3, -0.25) is 9.13 Å². The van der Waals surface area contributed by atoms with Crippen LogP contribution in [0.25, 0.3) is 22.2 Å². The van der Waals surface area contributed by atoms with Crippen molar-refractivity contribution in [3.63, 3.8) is 0 Å². The van der Waals surface area contributed by atoms with Crippen molar-refractivity contribution >= 4 is 20.9 Å². The molecule has 4 aromatic rings. The van der Waals surface area contributed by atoms with Crippen molar-refractivity contribution in [3.05, 3.63) is 82.5 Å². The van der Waals surface area contributed by atoms with Gasteiger partial charge in [0.2, 0.25) is 0 Å². The van der Waals surface area contributed by atoms with Gasteiger partial charge >= 0.3 is 5.69 Å². The van der Waals surface area contributed by atoms with Gasteiger partial charge in [0.1, 0.15) is 15.7 Å². The summed E-state index contributed by atoms with van der Waals surface area (Å²) in [7, 11) is -0.348. The van der Waals surface area contributed by atoms with E-state index < -0.39 is 15.9 Å². The van der Waals surface area contributed by atoms with Crippen LogP contribution >= 0.6 is 0 Å². The molecule has 184 valence electrons. The molecule has 0 bridgehead atoms. The SMILES string of the molecule is CCOc1cc(C(CS(C)(=O)=O)n2c(=O)n(C)c3cc(-c4ccccc4F)ccc32)ccc1OC. The maximum absolute atomic E-state index is 14.4. The highest BCUT2D eigenvalue weighted by Crippen LogP contribution is 2.34. The number of nitrogens with zero attached hydrogens (tertiary/aromatic N) is 2. The Morgan fingerprint density at radius 1 is 1.00 bits per heavy atom. The Labute approximate surface area is 203 Å². The van der Waals surface area contributed by atoms with E-state index in [2.05, 4.69) is 0 Å². The number of imidazole rings is 1. The van der Waals surface area contributed by atoms with E-state index in [0.717, 1.165) is 6.26 Å². The van der Waals surface area contributed by atoms with Gasteiger partial charge < -0.3 is 9.47 Å². The van der Waals surface area contributed by atoms with Gasteiger partial charge in [0, 0.05) is 18.9 Å². The van der Waals surface area contributed by atoms with E-state index in [1.165, 1.54) is 22.3 Å². The summed E-state index contributed by atoms with van der Waals surface area (Å²) in [5.41, 5.74) is 2.35. The molecule has 0 spiro atoms. The van der Waals surface area contributed by atoms with Crippen molar-refractivity contribution in [2.24, 2.45) is 7.05 Å². The molecule has 0 radical (unpaired) electrons. The number of aryl methyl sites for hydroxylation is 1. The summed E-state index contributed by atoms with van der Waals surface area (Å²) in [6.45, 7) is 2.23. The van der Waals surface area contributed by atoms with E-state index in [0.29, 0.717) is 45.8 Å². The Balaban J connectivity index is 1.94. The molecule has 7 nitrogen and oxygen atoms in total. The van der Waals surface area contributed by atoms with Gasteiger partial charge in [-0.25, -0.2) is 17.6 Å². The van der Waals surface area contributed by atoms with Crippen LogP contribution in [-0.2, 0) is 16.9 Å².